The summed E-state index contributed by atoms with van der Waals surface area (Å²) in [4.78, 5) is 24.0. The minimum absolute atomic E-state index is 0.109. The number of nitrogens with zero attached hydrogens (tertiary/aromatic N) is 3. The van der Waals surface area contributed by atoms with Crippen LogP contribution in [0.4, 0.5) is 0 Å². The fourth-order valence-electron chi connectivity index (χ4n) is 2.53. The molecule has 0 aliphatic heterocycles. The number of para-hydroxylation sites is 2. The van der Waals surface area contributed by atoms with E-state index < -0.39 is 5.92 Å². The molecule has 2 aromatic heterocycles. The smallest absolute Gasteiger partial charge is 0.162 e. The molecule has 0 saturated heterocycles. The second kappa shape index (κ2) is 6.84. The highest BCUT2D eigenvalue weighted by Crippen LogP contribution is 2.20. The minimum atomic E-state index is -0.842. The van der Waals surface area contributed by atoms with Crippen LogP contribution in [0, 0.1) is 11.3 Å². The third-order valence-electron chi connectivity index (χ3n) is 3.71. The van der Waals surface area contributed by atoms with Crippen LogP contribution in [0.5, 0.6) is 0 Å². The molecule has 2 heterocycles. The van der Waals surface area contributed by atoms with E-state index in [4.69, 9.17) is 0 Å². The summed E-state index contributed by atoms with van der Waals surface area (Å²) in [5.74, 6) is -0.523. The van der Waals surface area contributed by atoms with Crippen molar-refractivity contribution in [3.63, 3.8) is 0 Å². The molecule has 0 spiro atoms. The lowest BCUT2D eigenvalue weighted by molar-refractivity contribution is -0.119. The standard InChI is InChI=1S/C18H16N4O/c19-12-14(18-21-15-8-1-2-9-16(15)22-18)17(23)10-5-7-13-6-3-4-11-20-13/h1-4,6,8-9,11,14H,5,7,10H2,(H,21,22)/t14-/m1/s1. The molecule has 0 bridgehead atoms. The molecular formula is C18H16N4O. The van der Waals surface area contributed by atoms with E-state index in [1.54, 1.807) is 6.20 Å². The number of rotatable bonds is 6. The molecule has 0 fully saturated rings. The van der Waals surface area contributed by atoms with Gasteiger partial charge in [0.15, 0.2) is 11.7 Å². The predicted octanol–water partition coefficient (Wildman–Crippen LogP) is 3.16. The van der Waals surface area contributed by atoms with Crippen molar-refractivity contribution in [1.29, 1.82) is 5.26 Å². The molecule has 3 rings (SSSR count). The summed E-state index contributed by atoms with van der Waals surface area (Å²) >= 11 is 0. The number of imidazole rings is 1. The van der Waals surface area contributed by atoms with Gasteiger partial charge in [-0.2, -0.15) is 5.26 Å². The van der Waals surface area contributed by atoms with Crippen LogP contribution in [0.15, 0.2) is 48.7 Å². The van der Waals surface area contributed by atoms with Crippen molar-refractivity contribution in [2.45, 2.75) is 25.2 Å². The maximum Gasteiger partial charge on any atom is 0.162 e. The topological polar surface area (TPSA) is 82.4 Å². The molecule has 5 heteroatoms. The summed E-state index contributed by atoms with van der Waals surface area (Å²) in [6.45, 7) is 0. The van der Waals surface area contributed by atoms with E-state index >= 15 is 0 Å². The molecule has 0 radical (unpaired) electrons. The van der Waals surface area contributed by atoms with E-state index in [2.05, 4.69) is 21.0 Å². The van der Waals surface area contributed by atoms with Crippen LogP contribution in [0.25, 0.3) is 11.0 Å². The number of H-pyrrole nitrogens is 1. The maximum absolute atomic E-state index is 12.3. The molecule has 1 N–H and O–H groups in total. The number of aryl methyl sites for hydroxylation is 1. The molecule has 0 aliphatic rings. The number of hydrogen-bond acceptors (Lipinski definition) is 4. The molecule has 114 valence electrons. The number of nitrogens with one attached hydrogen (secondary N) is 1. The SMILES string of the molecule is N#C[C@H](C(=O)CCCc1ccccn1)c1nc2ccccc2[nH]1. The first kappa shape index (κ1) is 14.9. The number of benzene rings is 1. The normalized spacial score (nSPS) is 12.0. The number of pyridine rings is 1. The zero-order valence-electron chi connectivity index (χ0n) is 12.6. The lowest BCUT2D eigenvalue weighted by atomic mass is 9.99. The molecular weight excluding hydrogens is 288 g/mol. The first-order valence-electron chi connectivity index (χ1n) is 7.55. The predicted molar refractivity (Wildman–Crippen MR) is 86.6 cm³/mol. The quantitative estimate of drug-likeness (QED) is 0.758. The fraction of sp³-hybridized carbons (Fsp3) is 0.222. The van der Waals surface area contributed by atoms with Gasteiger partial charge in [-0.15, -0.1) is 0 Å². The number of carbonyl (C=O) groups is 1. The van der Waals surface area contributed by atoms with Crippen molar-refractivity contribution < 1.29 is 4.79 Å². The van der Waals surface area contributed by atoms with Crippen molar-refractivity contribution in [3.8, 4) is 6.07 Å². The van der Waals surface area contributed by atoms with Crippen LogP contribution in [-0.2, 0) is 11.2 Å². The first-order chi connectivity index (χ1) is 11.3. The Bertz CT molecular complexity index is 815. The summed E-state index contributed by atoms with van der Waals surface area (Å²) in [7, 11) is 0. The van der Waals surface area contributed by atoms with Crippen molar-refractivity contribution >= 4 is 16.8 Å². The van der Waals surface area contributed by atoms with Gasteiger partial charge in [-0.3, -0.25) is 9.78 Å². The number of ketones is 1. The van der Waals surface area contributed by atoms with Crippen molar-refractivity contribution in [2.24, 2.45) is 0 Å². The highest BCUT2D eigenvalue weighted by atomic mass is 16.1. The van der Waals surface area contributed by atoms with Crippen molar-refractivity contribution in [2.75, 3.05) is 0 Å². The molecule has 23 heavy (non-hydrogen) atoms. The summed E-state index contributed by atoms with van der Waals surface area (Å²) in [5.41, 5.74) is 2.56. The average Bonchev–Trinajstić information content (AvgIpc) is 3.00. The number of hydrogen-bond donors (Lipinski definition) is 1. The van der Waals surface area contributed by atoms with E-state index in [0.29, 0.717) is 18.7 Å². The molecule has 0 saturated carbocycles. The monoisotopic (exact) mass is 304 g/mol. The van der Waals surface area contributed by atoms with Crippen LogP contribution in [0.3, 0.4) is 0 Å². The fourth-order valence-corrected chi connectivity index (χ4v) is 2.53. The van der Waals surface area contributed by atoms with Gasteiger partial charge >= 0.3 is 0 Å². The zero-order chi connectivity index (χ0) is 16.1. The molecule has 0 aliphatic carbocycles. The van der Waals surface area contributed by atoms with Gasteiger partial charge in [0.05, 0.1) is 17.1 Å². The summed E-state index contributed by atoms with van der Waals surface area (Å²) < 4.78 is 0. The summed E-state index contributed by atoms with van der Waals surface area (Å²) in [6, 6.07) is 15.3. The zero-order valence-corrected chi connectivity index (χ0v) is 12.6. The van der Waals surface area contributed by atoms with Gasteiger partial charge in [0, 0.05) is 18.3 Å². The van der Waals surface area contributed by atoms with E-state index in [1.165, 1.54) is 0 Å². The highest BCUT2D eigenvalue weighted by Gasteiger charge is 2.23. The minimum Gasteiger partial charge on any atom is -0.340 e. The lowest BCUT2D eigenvalue weighted by Gasteiger charge is -2.05. The first-order valence-corrected chi connectivity index (χ1v) is 7.55. The summed E-state index contributed by atoms with van der Waals surface area (Å²) in [6.07, 6.45) is 3.48. The van der Waals surface area contributed by atoms with Crippen LogP contribution in [0.1, 0.15) is 30.3 Å². The Balaban J connectivity index is 1.66. The Morgan fingerprint density at radius 3 is 2.78 bits per heavy atom. The molecule has 3 aromatic rings. The van der Waals surface area contributed by atoms with Crippen molar-refractivity contribution in [1.82, 2.24) is 15.0 Å². The van der Waals surface area contributed by atoms with Gasteiger partial charge in [0.25, 0.3) is 0 Å². The largest absolute Gasteiger partial charge is 0.340 e. The third kappa shape index (κ3) is 3.43. The van der Waals surface area contributed by atoms with E-state index in [0.717, 1.165) is 23.1 Å². The maximum atomic E-state index is 12.3. The second-order valence-electron chi connectivity index (χ2n) is 5.34. The molecule has 0 unspecified atom stereocenters. The van der Waals surface area contributed by atoms with Crippen LogP contribution < -0.4 is 0 Å². The van der Waals surface area contributed by atoms with E-state index in [1.807, 2.05) is 42.5 Å². The number of carbonyl (C=O) groups excluding carboxylic acids is 1. The molecule has 5 nitrogen and oxygen atoms in total. The Morgan fingerprint density at radius 1 is 1.22 bits per heavy atom. The van der Waals surface area contributed by atoms with Gasteiger partial charge in [-0.1, -0.05) is 18.2 Å². The lowest BCUT2D eigenvalue weighted by Crippen LogP contribution is -2.12. The van der Waals surface area contributed by atoms with Gasteiger partial charge in [-0.05, 0) is 37.1 Å². The Hall–Kier alpha value is -3.00. The van der Waals surface area contributed by atoms with Crippen LogP contribution >= 0.6 is 0 Å². The number of Topliss-reactive ketones (excluding diaryl/α,β-unsaturated/α-hetero) is 1. The van der Waals surface area contributed by atoms with E-state index in [-0.39, 0.29) is 5.78 Å². The average molecular weight is 304 g/mol. The highest BCUT2D eigenvalue weighted by molar-refractivity contribution is 5.88. The number of fused-ring (bicyclic) bond motifs is 1. The van der Waals surface area contributed by atoms with E-state index in [9.17, 15) is 10.1 Å². The van der Waals surface area contributed by atoms with Gasteiger partial charge < -0.3 is 4.98 Å². The number of aromatic amines is 1. The Labute approximate surface area is 134 Å². The summed E-state index contributed by atoms with van der Waals surface area (Å²) in [5, 5.41) is 9.35. The second-order valence-corrected chi connectivity index (χ2v) is 5.34. The molecule has 0 amide bonds. The molecule has 1 aromatic carbocycles. The van der Waals surface area contributed by atoms with Crippen molar-refractivity contribution in [3.05, 3.63) is 60.2 Å². The third-order valence-corrected chi connectivity index (χ3v) is 3.71. The van der Waals surface area contributed by atoms with Gasteiger partial charge in [0.1, 0.15) is 5.82 Å². The Morgan fingerprint density at radius 2 is 2.04 bits per heavy atom. The van der Waals surface area contributed by atoms with Gasteiger partial charge in [0.2, 0.25) is 0 Å². The van der Waals surface area contributed by atoms with Crippen LogP contribution in [-0.4, -0.2) is 20.7 Å². The Kier molecular flexibility index (Phi) is 4.44. The van der Waals surface area contributed by atoms with Crippen LogP contribution in [0.2, 0.25) is 0 Å². The molecule has 1 atom stereocenters. The van der Waals surface area contributed by atoms with Gasteiger partial charge in [-0.25, -0.2) is 4.98 Å². The number of nitriles is 1. The number of aromatic nitrogens is 3.